The summed E-state index contributed by atoms with van der Waals surface area (Å²) in [5.41, 5.74) is 0.286. The molecule has 26 heavy (non-hydrogen) atoms. The Morgan fingerprint density at radius 3 is 2.23 bits per heavy atom. The molecule has 0 radical (unpaired) electrons. The third-order valence-electron chi connectivity index (χ3n) is 3.50. The van der Waals surface area contributed by atoms with Crippen molar-refractivity contribution in [2.75, 3.05) is 27.2 Å². The van der Waals surface area contributed by atoms with Crippen molar-refractivity contribution in [1.29, 1.82) is 0 Å². The average molecular weight is 403 g/mol. The molecule has 1 aromatic heterocycles. The van der Waals surface area contributed by atoms with Crippen LogP contribution < -0.4 is 9.46 Å². The molecule has 0 aliphatic carbocycles. The minimum atomic E-state index is -3.74. The maximum Gasteiger partial charge on any atom is 0.246 e. The second-order valence-corrected chi connectivity index (χ2v) is 9.51. The van der Waals surface area contributed by atoms with E-state index in [0.717, 1.165) is 4.31 Å². The van der Waals surface area contributed by atoms with Crippen molar-refractivity contribution in [2.45, 2.75) is 23.6 Å². The van der Waals surface area contributed by atoms with Crippen LogP contribution in [0.15, 0.2) is 38.6 Å². The SMILES string of the molecule is Cc1noc(C)c1S(=O)(=O)NCCOc1ccc(S(=O)(=O)N(C)C)cc1. The van der Waals surface area contributed by atoms with E-state index in [9.17, 15) is 16.8 Å². The molecule has 1 aromatic carbocycles. The van der Waals surface area contributed by atoms with Gasteiger partial charge in [-0.15, -0.1) is 0 Å². The lowest BCUT2D eigenvalue weighted by atomic mass is 10.3. The molecule has 0 aliphatic heterocycles. The van der Waals surface area contributed by atoms with Gasteiger partial charge in [-0.2, -0.15) is 0 Å². The molecule has 0 saturated carbocycles. The quantitative estimate of drug-likeness (QED) is 0.650. The van der Waals surface area contributed by atoms with Gasteiger partial charge in [-0.25, -0.2) is 25.9 Å². The van der Waals surface area contributed by atoms with Crippen LogP contribution in [0.1, 0.15) is 11.5 Å². The molecule has 0 amide bonds. The number of rotatable bonds is 8. The zero-order valence-electron chi connectivity index (χ0n) is 14.9. The van der Waals surface area contributed by atoms with E-state index < -0.39 is 20.0 Å². The molecule has 9 nitrogen and oxygen atoms in total. The normalized spacial score (nSPS) is 12.5. The van der Waals surface area contributed by atoms with Crippen molar-refractivity contribution >= 4 is 20.0 Å². The molecule has 0 saturated heterocycles. The average Bonchev–Trinajstić information content (AvgIpc) is 2.91. The lowest BCUT2D eigenvalue weighted by Crippen LogP contribution is -2.29. The summed E-state index contributed by atoms with van der Waals surface area (Å²) in [5.74, 6) is 0.646. The Hall–Kier alpha value is -1.95. The van der Waals surface area contributed by atoms with E-state index in [-0.39, 0.29) is 34.4 Å². The maximum atomic E-state index is 12.2. The van der Waals surface area contributed by atoms with Gasteiger partial charge in [0.15, 0.2) is 5.76 Å². The van der Waals surface area contributed by atoms with Gasteiger partial charge < -0.3 is 9.26 Å². The molecule has 1 heterocycles. The Balaban J connectivity index is 1.93. The van der Waals surface area contributed by atoms with E-state index in [1.165, 1.54) is 45.3 Å². The van der Waals surface area contributed by atoms with Crippen molar-refractivity contribution in [3.05, 3.63) is 35.7 Å². The number of aromatic nitrogens is 1. The summed E-state index contributed by atoms with van der Waals surface area (Å²) in [6.45, 7) is 3.17. The molecular formula is C15H21N3O6S2. The highest BCUT2D eigenvalue weighted by Gasteiger charge is 2.23. The van der Waals surface area contributed by atoms with Gasteiger partial charge in [-0.3, -0.25) is 0 Å². The first kappa shape index (κ1) is 20.4. The summed E-state index contributed by atoms with van der Waals surface area (Å²) < 4.78 is 62.2. The Kier molecular flexibility index (Phi) is 6.06. The maximum absolute atomic E-state index is 12.2. The van der Waals surface area contributed by atoms with Crippen LogP contribution in [-0.2, 0) is 20.0 Å². The van der Waals surface area contributed by atoms with Crippen LogP contribution >= 0.6 is 0 Å². The summed E-state index contributed by atoms with van der Waals surface area (Å²) in [4.78, 5) is 0.171. The fourth-order valence-electron chi connectivity index (χ4n) is 2.19. The van der Waals surface area contributed by atoms with Crippen molar-refractivity contribution in [1.82, 2.24) is 14.2 Å². The molecule has 2 rings (SSSR count). The summed E-state index contributed by atoms with van der Waals surface area (Å²) in [7, 11) is -4.34. The number of hydrogen-bond acceptors (Lipinski definition) is 7. The van der Waals surface area contributed by atoms with E-state index in [1.54, 1.807) is 6.92 Å². The zero-order valence-corrected chi connectivity index (χ0v) is 16.5. The second kappa shape index (κ2) is 7.74. The Labute approximate surface area is 153 Å². The molecule has 144 valence electrons. The van der Waals surface area contributed by atoms with Crippen LogP contribution in [0, 0.1) is 13.8 Å². The van der Waals surface area contributed by atoms with Crippen molar-refractivity contribution in [3.63, 3.8) is 0 Å². The first-order valence-electron chi connectivity index (χ1n) is 7.63. The van der Waals surface area contributed by atoms with Crippen LogP contribution in [0.25, 0.3) is 0 Å². The summed E-state index contributed by atoms with van der Waals surface area (Å²) in [5, 5.41) is 3.62. The van der Waals surface area contributed by atoms with Gasteiger partial charge in [-0.05, 0) is 38.1 Å². The monoisotopic (exact) mass is 403 g/mol. The number of hydrogen-bond donors (Lipinski definition) is 1. The fourth-order valence-corrected chi connectivity index (χ4v) is 4.43. The molecule has 11 heteroatoms. The third kappa shape index (κ3) is 4.41. The molecule has 0 bridgehead atoms. The standard InChI is InChI=1S/C15H21N3O6S2/c1-11-15(12(2)24-17-11)25(19,20)16-9-10-23-13-5-7-14(8-6-13)26(21,22)18(3)4/h5-8,16H,9-10H2,1-4H3. The lowest BCUT2D eigenvalue weighted by molar-refractivity contribution is 0.322. The number of aryl methyl sites for hydroxylation is 2. The smallest absolute Gasteiger partial charge is 0.246 e. The topological polar surface area (TPSA) is 119 Å². The Morgan fingerprint density at radius 2 is 1.73 bits per heavy atom. The Bertz CT molecular complexity index is 944. The highest BCUT2D eigenvalue weighted by atomic mass is 32.2. The van der Waals surface area contributed by atoms with Gasteiger partial charge >= 0.3 is 0 Å². The van der Waals surface area contributed by atoms with E-state index in [4.69, 9.17) is 9.26 Å². The van der Waals surface area contributed by atoms with Gasteiger partial charge in [0.05, 0.1) is 4.90 Å². The summed E-state index contributed by atoms with van der Waals surface area (Å²) in [6.07, 6.45) is 0. The van der Waals surface area contributed by atoms with E-state index in [1.807, 2.05) is 0 Å². The zero-order chi connectivity index (χ0) is 19.5. The van der Waals surface area contributed by atoms with Crippen LogP contribution in [0.5, 0.6) is 5.75 Å². The molecule has 0 unspecified atom stereocenters. The molecule has 2 aromatic rings. The van der Waals surface area contributed by atoms with Crippen molar-refractivity contribution < 1.29 is 26.1 Å². The van der Waals surface area contributed by atoms with Crippen molar-refractivity contribution in [3.8, 4) is 5.75 Å². The summed E-state index contributed by atoms with van der Waals surface area (Å²) >= 11 is 0. The van der Waals surface area contributed by atoms with Gasteiger partial charge in [-0.1, -0.05) is 5.16 Å². The van der Waals surface area contributed by atoms with Crippen LogP contribution in [-0.4, -0.2) is 53.5 Å². The Morgan fingerprint density at radius 1 is 1.12 bits per heavy atom. The minimum Gasteiger partial charge on any atom is -0.492 e. The van der Waals surface area contributed by atoms with Gasteiger partial charge in [0.2, 0.25) is 20.0 Å². The van der Waals surface area contributed by atoms with Gasteiger partial charge in [0.25, 0.3) is 0 Å². The molecule has 0 aliphatic rings. The molecule has 0 fully saturated rings. The number of ether oxygens (including phenoxy) is 1. The number of sulfonamides is 2. The highest BCUT2D eigenvalue weighted by molar-refractivity contribution is 7.89. The largest absolute Gasteiger partial charge is 0.492 e. The first-order chi connectivity index (χ1) is 12.1. The fraction of sp³-hybridized carbons (Fsp3) is 0.400. The van der Waals surface area contributed by atoms with E-state index >= 15 is 0 Å². The predicted octanol–water partition coefficient (Wildman–Crippen LogP) is 0.899. The highest BCUT2D eigenvalue weighted by Crippen LogP contribution is 2.19. The van der Waals surface area contributed by atoms with Crippen LogP contribution in [0.4, 0.5) is 0 Å². The number of nitrogens with zero attached hydrogens (tertiary/aromatic N) is 2. The van der Waals surface area contributed by atoms with Crippen LogP contribution in [0.3, 0.4) is 0 Å². The van der Waals surface area contributed by atoms with Gasteiger partial charge in [0.1, 0.15) is 22.9 Å². The molecular weight excluding hydrogens is 382 g/mol. The molecule has 1 N–H and O–H groups in total. The first-order valence-corrected chi connectivity index (χ1v) is 10.6. The lowest BCUT2D eigenvalue weighted by Gasteiger charge is -2.12. The predicted molar refractivity (Wildman–Crippen MR) is 94.0 cm³/mol. The van der Waals surface area contributed by atoms with Crippen molar-refractivity contribution in [2.24, 2.45) is 0 Å². The van der Waals surface area contributed by atoms with Gasteiger partial charge in [0, 0.05) is 20.6 Å². The minimum absolute atomic E-state index is 0.0238. The van der Waals surface area contributed by atoms with E-state index in [2.05, 4.69) is 9.88 Å². The molecule has 0 spiro atoms. The van der Waals surface area contributed by atoms with E-state index in [0.29, 0.717) is 5.75 Å². The second-order valence-electron chi connectivity index (χ2n) is 5.66. The summed E-state index contributed by atoms with van der Waals surface area (Å²) in [6, 6.07) is 5.88. The number of nitrogens with one attached hydrogen (secondary N) is 1. The number of benzene rings is 1. The third-order valence-corrected chi connectivity index (χ3v) is 7.04. The van der Waals surface area contributed by atoms with Crippen LogP contribution in [0.2, 0.25) is 0 Å². The molecule has 0 atom stereocenters.